The summed E-state index contributed by atoms with van der Waals surface area (Å²) in [6.45, 7) is 3.21. The van der Waals surface area contributed by atoms with Crippen molar-refractivity contribution in [2.45, 2.75) is 12.8 Å². The Balaban J connectivity index is 1.56. The second-order valence-corrected chi connectivity index (χ2v) is 7.12. The van der Waals surface area contributed by atoms with Crippen LogP contribution in [0.1, 0.15) is 28.8 Å². The number of hydrogen-bond donors (Lipinski definition) is 1. The van der Waals surface area contributed by atoms with Gasteiger partial charge in [0.05, 0.1) is 19.4 Å². The molecule has 2 aliphatic rings. The van der Waals surface area contributed by atoms with Crippen molar-refractivity contribution in [1.29, 1.82) is 0 Å². The molecule has 0 saturated carbocycles. The third-order valence-corrected chi connectivity index (χ3v) is 5.16. The Morgan fingerprint density at radius 1 is 0.966 bits per heavy atom. The van der Waals surface area contributed by atoms with Crippen molar-refractivity contribution in [3.8, 4) is 0 Å². The zero-order valence-corrected chi connectivity index (χ0v) is 16.4. The summed E-state index contributed by atoms with van der Waals surface area (Å²) in [4.78, 5) is 14.6. The molecule has 0 spiro atoms. The molecule has 5 nitrogen and oxygen atoms in total. The Kier molecular flexibility index (Phi) is 6.17. The van der Waals surface area contributed by atoms with Gasteiger partial charge in [0.2, 0.25) is 0 Å². The van der Waals surface area contributed by atoms with Crippen LogP contribution in [0.5, 0.6) is 0 Å². The summed E-state index contributed by atoms with van der Waals surface area (Å²) >= 11 is 0. The minimum atomic E-state index is -0.201. The average molecular weight is 387 g/mol. The fourth-order valence-electron chi connectivity index (χ4n) is 3.75. The minimum absolute atomic E-state index is 0.201. The van der Waals surface area contributed by atoms with Crippen molar-refractivity contribution in [1.82, 2.24) is 10.3 Å². The Morgan fingerprint density at radius 3 is 2.38 bits per heavy atom. The number of morpholine rings is 1. The molecule has 148 valence electrons. The summed E-state index contributed by atoms with van der Waals surface area (Å²) in [5, 5.41) is 4.25. The van der Waals surface area contributed by atoms with Crippen molar-refractivity contribution in [3.05, 3.63) is 88.6 Å². The van der Waals surface area contributed by atoms with Crippen LogP contribution in [0, 0.1) is 0 Å². The largest absolute Gasteiger partial charge is 0.378 e. The third-order valence-electron chi connectivity index (χ3n) is 5.16. The molecule has 1 aliphatic heterocycles. The molecule has 0 aromatic heterocycles. The van der Waals surface area contributed by atoms with Gasteiger partial charge in [-0.05, 0) is 47.8 Å². The molecule has 0 bridgehead atoms. The molecule has 1 fully saturated rings. The molecule has 1 heterocycles. The first kappa shape index (κ1) is 19.2. The van der Waals surface area contributed by atoms with E-state index in [-0.39, 0.29) is 5.91 Å². The summed E-state index contributed by atoms with van der Waals surface area (Å²) in [7, 11) is 0. The molecule has 29 heavy (non-hydrogen) atoms. The van der Waals surface area contributed by atoms with Crippen LogP contribution in [0.3, 0.4) is 0 Å². The number of allylic oxidation sites excluding steroid dienone is 2. The number of carbonyl (C=O) groups excluding carboxylic acids is 1. The molecule has 2 aromatic rings. The van der Waals surface area contributed by atoms with Crippen LogP contribution in [0.15, 0.2) is 82.6 Å². The molecule has 0 unspecified atom stereocenters. The first-order chi connectivity index (χ1) is 14.3. The van der Waals surface area contributed by atoms with Crippen molar-refractivity contribution < 1.29 is 9.53 Å². The molecule has 1 aliphatic carbocycles. The summed E-state index contributed by atoms with van der Waals surface area (Å²) < 4.78 is 5.54. The van der Waals surface area contributed by atoms with E-state index in [1.165, 1.54) is 16.8 Å². The maximum atomic E-state index is 12.2. The predicted molar refractivity (Wildman–Crippen MR) is 115 cm³/mol. The van der Waals surface area contributed by atoms with E-state index in [4.69, 9.17) is 4.74 Å². The molecule has 1 amide bonds. The maximum absolute atomic E-state index is 12.2. The monoisotopic (exact) mass is 387 g/mol. The van der Waals surface area contributed by atoms with Crippen LogP contribution < -0.4 is 5.43 Å². The van der Waals surface area contributed by atoms with Gasteiger partial charge in [0.25, 0.3) is 5.91 Å². The van der Waals surface area contributed by atoms with Gasteiger partial charge < -0.3 is 9.64 Å². The molecule has 0 atom stereocenters. The lowest BCUT2D eigenvalue weighted by Gasteiger charge is -2.31. The van der Waals surface area contributed by atoms with Crippen LogP contribution in [-0.2, 0) is 4.74 Å². The summed E-state index contributed by atoms with van der Waals surface area (Å²) in [6, 6.07) is 19.5. The molecule has 0 radical (unpaired) electrons. The van der Waals surface area contributed by atoms with Gasteiger partial charge in [0.1, 0.15) is 0 Å². The number of nitrogens with one attached hydrogen (secondary N) is 1. The Hall–Kier alpha value is -3.18. The average Bonchev–Trinajstić information content (AvgIpc) is 3.18. The topological polar surface area (TPSA) is 53.9 Å². The van der Waals surface area contributed by atoms with Crippen molar-refractivity contribution in [3.63, 3.8) is 0 Å². The molecule has 4 rings (SSSR count). The van der Waals surface area contributed by atoms with Gasteiger partial charge in [0, 0.05) is 24.4 Å². The fraction of sp³-hybridized carbons (Fsp3) is 0.250. The zero-order chi connectivity index (χ0) is 19.9. The van der Waals surface area contributed by atoms with E-state index in [9.17, 15) is 4.79 Å². The number of ether oxygens (including phenoxy) is 1. The van der Waals surface area contributed by atoms with Gasteiger partial charge in [-0.1, -0.05) is 48.5 Å². The van der Waals surface area contributed by atoms with Gasteiger partial charge in [-0.2, -0.15) is 5.10 Å². The predicted octanol–water partition coefficient (Wildman–Crippen LogP) is 3.87. The summed E-state index contributed by atoms with van der Waals surface area (Å²) in [5.41, 5.74) is 8.15. The van der Waals surface area contributed by atoms with Gasteiger partial charge in [-0.25, -0.2) is 5.43 Å². The lowest BCUT2D eigenvalue weighted by Crippen LogP contribution is -2.36. The SMILES string of the molecule is O=C(N/N=C/C1=C(N2CCOCC2)C(=C/c2ccccc2)/CC1)c1ccccc1. The first-order valence-corrected chi connectivity index (χ1v) is 10.0. The second kappa shape index (κ2) is 9.34. The minimum Gasteiger partial charge on any atom is -0.378 e. The Labute approximate surface area is 171 Å². The number of amides is 1. The zero-order valence-electron chi connectivity index (χ0n) is 16.4. The Morgan fingerprint density at radius 2 is 1.66 bits per heavy atom. The van der Waals surface area contributed by atoms with Gasteiger partial charge in [-0.15, -0.1) is 0 Å². The quantitative estimate of drug-likeness (QED) is 0.626. The van der Waals surface area contributed by atoms with E-state index in [1.54, 1.807) is 18.3 Å². The number of hydrogen-bond acceptors (Lipinski definition) is 4. The summed E-state index contributed by atoms with van der Waals surface area (Å²) in [6.07, 6.45) is 5.94. The highest BCUT2D eigenvalue weighted by Crippen LogP contribution is 2.34. The number of carbonyl (C=O) groups is 1. The van der Waals surface area contributed by atoms with E-state index < -0.39 is 0 Å². The number of benzene rings is 2. The van der Waals surface area contributed by atoms with E-state index in [0.717, 1.165) is 44.7 Å². The lowest BCUT2D eigenvalue weighted by molar-refractivity contribution is 0.0548. The van der Waals surface area contributed by atoms with E-state index in [0.29, 0.717) is 5.56 Å². The standard InChI is InChI=1S/C24H25N3O2/c28-24(20-9-5-2-6-10-20)26-25-18-22-12-11-21(17-19-7-3-1-4-8-19)23(22)27-13-15-29-16-14-27/h1-10,17-18H,11-16H2,(H,26,28)/b21-17+,25-18+. The van der Waals surface area contributed by atoms with E-state index in [2.05, 4.69) is 45.8 Å². The fourth-order valence-corrected chi connectivity index (χ4v) is 3.75. The van der Waals surface area contributed by atoms with E-state index in [1.807, 2.05) is 24.3 Å². The molecular weight excluding hydrogens is 362 g/mol. The van der Waals surface area contributed by atoms with Crippen molar-refractivity contribution >= 4 is 18.2 Å². The van der Waals surface area contributed by atoms with Crippen LogP contribution in [0.25, 0.3) is 6.08 Å². The maximum Gasteiger partial charge on any atom is 0.271 e. The lowest BCUT2D eigenvalue weighted by atomic mass is 10.1. The molecular formula is C24H25N3O2. The van der Waals surface area contributed by atoms with Gasteiger partial charge in [-0.3, -0.25) is 4.79 Å². The highest BCUT2D eigenvalue weighted by Gasteiger charge is 2.25. The van der Waals surface area contributed by atoms with Crippen LogP contribution in [0.4, 0.5) is 0 Å². The number of rotatable bonds is 5. The van der Waals surface area contributed by atoms with Crippen LogP contribution in [0.2, 0.25) is 0 Å². The molecule has 1 saturated heterocycles. The Bertz CT molecular complexity index is 927. The normalized spacial score (nSPS) is 18.6. The summed E-state index contributed by atoms with van der Waals surface area (Å²) in [5.74, 6) is -0.201. The van der Waals surface area contributed by atoms with Gasteiger partial charge >= 0.3 is 0 Å². The van der Waals surface area contributed by atoms with Crippen molar-refractivity contribution in [2.24, 2.45) is 5.10 Å². The van der Waals surface area contributed by atoms with Crippen LogP contribution >= 0.6 is 0 Å². The highest BCUT2D eigenvalue weighted by atomic mass is 16.5. The van der Waals surface area contributed by atoms with Crippen molar-refractivity contribution in [2.75, 3.05) is 26.3 Å². The third kappa shape index (κ3) is 4.81. The number of nitrogens with zero attached hydrogens (tertiary/aromatic N) is 2. The molecule has 2 aromatic carbocycles. The number of hydrazone groups is 1. The van der Waals surface area contributed by atoms with E-state index >= 15 is 0 Å². The highest BCUT2D eigenvalue weighted by molar-refractivity contribution is 5.95. The van der Waals surface area contributed by atoms with Crippen LogP contribution in [-0.4, -0.2) is 43.3 Å². The molecule has 5 heteroatoms. The molecule has 1 N–H and O–H groups in total. The van der Waals surface area contributed by atoms with Gasteiger partial charge in [0.15, 0.2) is 0 Å². The first-order valence-electron chi connectivity index (χ1n) is 10.0. The smallest absolute Gasteiger partial charge is 0.271 e. The second-order valence-electron chi connectivity index (χ2n) is 7.12.